The number of amides is 1. The van der Waals surface area contributed by atoms with Crippen molar-refractivity contribution in [3.05, 3.63) is 35.1 Å². The molecule has 0 spiro atoms. The number of carbonyl (C=O) groups is 1. The highest BCUT2D eigenvalue weighted by molar-refractivity contribution is 5.94. The summed E-state index contributed by atoms with van der Waals surface area (Å²) >= 11 is 0. The Morgan fingerprint density at radius 2 is 2.27 bits per heavy atom. The first-order valence-corrected chi connectivity index (χ1v) is 7.48. The van der Waals surface area contributed by atoms with E-state index in [4.69, 9.17) is 5.26 Å². The summed E-state index contributed by atoms with van der Waals surface area (Å²) in [5.74, 6) is -0.992. The van der Waals surface area contributed by atoms with Gasteiger partial charge in [-0.25, -0.2) is 4.39 Å². The van der Waals surface area contributed by atoms with Gasteiger partial charge in [0.05, 0.1) is 18.2 Å². The zero-order chi connectivity index (χ0) is 15.9. The summed E-state index contributed by atoms with van der Waals surface area (Å²) in [6.45, 7) is 2.12. The van der Waals surface area contributed by atoms with Crippen LogP contribution in [0.25, 0.3) is 0 Å². The second kappa shape index (κ2) is 7.87. The van der Waals surface area contributed by atoms with E-state index >= 15 is 0 Å². The lowest BCUT2D eigenvalue weighted by Crippen LogP contribution is -2.45. The normalized spacial score (nSPS) is 18.7. The van der Waals surface area contributed by atoms with Gasteiger partial charge in [0, 0.05) is 24.7 Å². The number of hydrogen-bond acceptors (Lipinski definition) is 4. The molecule has 6 heteroatoms. The Morgan fingerprint density at radius 1 is 1.45 bits per heavy atom. The van der Waals surface area contributed by atoms with E-state index in [1.807, 2.05) is 6.07 Å². The topological polar surface area (TPSA) is 76.4 Å². The van der Waals surface area contributed by atoms with Crippen LogP contribution in [-0.2, 0) is 0 Å². The Balaban J connectivity index is 1.87. The van der Waals surface area contributed by atoms with Crippen LogP contribution in [0, 0.1) is 17.1 Å². The molecular weight excluding hydrogens is 285 g/mol. The molecule has 5 nitrogen and oxygen atoms in total. The van der Waals surface area contributed by atoms with Crippen molar-refractivity contribution in [2.45, 2.75) is 25.3 Å². The first kappa shape index (κ1) is 16.4. The molecule has 2 N–H and O–H groups in total. The number of halogens is 1. The number of hydrogen-bond donors (Lipinski definition) is 2. The van der Waals surface area contributed by atoms with E-state index in [0.717, 1.165) is 37.9 Å². The molecule has 0 bridgehead atoms. The van der Waals surface area contributed by atoms with Crippen LogP contribution in [-0.4, -0.2) is 48.2 Å². The lowest BCUT2D eigenvalue weighted by molar-refractivity contribution is 0.0849. The van der Waals surface area contributed by atoms with E-state index in [0.29, 0.717) is 13.1 Å². The summed E-state index contributed by atoms with van der Waals surface area (Å²) in [4.78, 5) is 14.2. The predicted molar refractivity (Wildman–Crippen MR) is 79.7 cm³/mol. The van der Waals surface area contributed by atoms with Crippen LogP contribution in [0.5, 0.6) is 0 Å². The van der Waals surface area contributed by atoms with Crippen LogP contribution in [0.2, 0.25) is 0 Å². The Morgan fingerprint density at radius 3 is 3.00 bits per heavy atom. The molecule has 1 atom stereocenters. The van der Waals surface area contributed by atoms with Gasteiger partial charge in [-0.2, -0.15) is 5.26 Å². The number of nitriles is 1. The number of aliphatic hydroxyl groups is 1. The molecule has 1 heterocycles. The molecule has 0 saturated carbocycles. The number of rotatable bonds is 5. The molecule has 1 aromatic carbocycles. The second-order valence-electron chi connectivity index (χ2n) is 5.46. The van der Waals surface area contributed by atoms with Gasteiger partial charge in [-0.1, -0.05) is 6.42 Å². The minimum atomic E-state index is -0.597. The first-order valence-electron chi connectivity index (χ1n) is 7.48. The Labute approximate surface area is 129 Å². The number of nitrogens with one attached hydrogen (secondary N) is 1. The maximum absolute atomic E-state index is 13.3. The van der Waals surface area contributed by atoms with Crippen molar-refractivity contribution in [3.8, 4) is 6.07 Å². The fourth-order valence-electron chi connectivity index (χ4n) is 2.76. The largest absolute Gasteiger partial charge is 0.395 e. The monoisotopic (exact) mass is 305 g/mol. The molecule has 1 aromatic rings. The number of aliphatic hydroxyl groups excluding tert-OH is 1. The molecule has 1 aliphatic heterocycles. The average molecular weight is 305 g/mol. The lowest BCUT2D eigenvalue weighted by Gasteiger charge is -2.34. The second-order valence-corrected chi connectivity index (χ2v) is 5.46. The van der Waals surface area contributed by atoms with Gasteiger partial charge >= 0.3 is 0 Å². The zero-order valence-corrected chi connectivity index (χ0v) is 12.4. The van der Waals surface area contributed by atoms with Crippen molar-refractivity contribution >= 4 is 5.91 Å². The highest BCUT2D eigenvalue weighted by Gasteiger charge is 2.21. The minimum Gasteiger partial charge on any atom is -0.395 e. The van der Waals surface area contributed by atoms with E-state index < -0.39 is 11.7 Å². The van der Waals surface area contributed by atoms with Crippen LogP contribution >= 0.6 is 0 Å². The standard InChI is InChI=1S/C16H20FN3O2/c17-14-8-12(10-18)7-13(9-14)16(22)19-4-6-20-5-2-1-3-15(20)11-21/h7-9,15,21H,1-6,11H2,(H,19,22). The van der Waals surface area contributed by atoms with Crippen LogP contribution in [0.3, 0.4) is 0 Å². The van der Waals surface area contributed by atoms with Crippen molar-refractivity contribution < 1.29 is 14.3 Å². The summed E-state index contributed by atoms with van der Waals surface area (Å²) in [5.41, 5.74) is 0.274. The van der Waals surface area contributed by atoms with Gasteiger partial charge < -0.3 is 10.4 Å². The molecule has 118 valence electrons. The van der Waals surface area contributed by atoms with Gasteiger partial charge in [-0.3, -0.25) is 9.69 Å². The maximum Gasteiger partial charge on any atom is 0.251 e. The summed E-state index contributed by atoms with van der Waals surface area (Å²) in [6, 6.07) is 5.57. The number of benzene rings is 1. The van der Waals surface area contributed by atoms with E-state index in [-0.39, 0.29) is 23.8 Å². The van der Waals surface area contributed by atoms with Gasteiger partial charge in [0.2, 0.25) is 0 Å². The molecule has 2 rings (SSSR count). The van der Waals surface area contributed by atoms with Crippen LogP contribution in [0.15, 0.2) is 18.2 Å². The molecule has 0 radical (unpaired) electrons. The number of piperidine rings is 1. The number of carbonyl (C=O) groups excluding carboxylic acids is 1. The van der Waals surface area contributed by atoms with E-state index in [1.54, 1.807) is 0 Å². The van der Waals surface area contributed by atoms with Gasteiger partial charge in [0.1, 0.15) is 5.82 Å². The Hall–Kier alpha value is -1.97. The van der Waals surface area contributed by atoms with Crippen molar-refractivity contribution in [1.82, 2.24) is 10.2 Å². The summed E-state index contributed by atoms with van der Waals surface area (Å²) in [7, 11) is 0. The van der Waals surface area contributed by atoms with Gasteiger partial charge in [0.15, 0.2) is 0 Å². The molecule has 0 aromatic heterocycles. The molecule has 1 amide bonds. The third-order valence-corrected chi connectivity index (χ3v) is 3.93. The quantitative estimate of drug-likeness (QED) is 0.859. The van der Waals surface area contributed by atoms with Gasteiger partial charge in [-0.15, -0.1) is 0 Å². The highest BCUT2D eigenvalue weighted by Crippen LogP contribution is 2.15. The molecule has 1 saturated heterocycles. The maximum atomic E-state index is 13.3. The molecule has 22 heavy (non-hydrogen) atoms. The van der Waals surface area contributed by atoms with Gasteiger partial charge in [-0.05, 0) is 37.6 Å². The summed E-state index contributed by atoms with van der Waals surface area (Å²) in [6.07, 6.45) is 3.19. The summed E-state index contributed by atoms with van der Waals surface area (Å²) < 4.78 is 13.3. The van der Waals surface area contributed by atoms with E-state index in [2.05, 4.69) is 10.2 Å². The van der Waals surface area contributed by atoms with E-state index in [1.165, 1.54) is 6.07 Å². The van der Waals surface area contributed by atoms with Crippen LogP contribution in [0.4, 0.5) is 4.39 Å². The predicted octanol–water partition coefficient (Wildman–Crippen LogP) is 1.27. The summed E-state index contributed by atoms with van der Waals surface area (Å²) in [5, 5.41) is 20.9. The zero-order valence-electron chi connectivity index (χ0n) is 12.4. The molecule has 1 aliphatic rings. The smallest absolute Gasteiger partial charge is 0.251 e. The fourth-order valence-corrected chi connectivity index (χ4v) is 2.76. The van der Waals surface area contributed by atoms with Crippen molar-refractivity contribution in [3.63, 3.8) is 0 Å². The molecule has 1 fully saturated rings. The number of likely N-dealkylation sites (tertiary alicyclic amines) is 1. The SMILES string of the molecule is N#Cc1cc(F)cc(C(=O)NCCN2CCCCC2CO)c1. The third kappa shape index (κ3) is 4.26. The van der Waals surface area contributed by atoms with Crippen molar-refractivity contribution in [2.24, 2.45) is 0 Å². The highest BCUT2D eigenvalue weighted by atomic mass is 19.1. The number of nitrogens with zero attached hydrogens (tertiary/aromatic N) is 2. The Bertz CT molecular complexity index is 571. The van der Waals surface area contributed by atoms with Gasteiger partial charge in [0.25, 0.3) is 5.91 Å². The van der Waals surface area contributed by atoms with Crippen LogP contribution < -0.4 is 5.32 Å². The first-order chi connectivity index (χ1) is 10.6. The van der Waals surface area contributed by atoms with Crippen LogP contribution in [0.1, 0.15) is 35.2 Å². The van der Waals surface area contributed by atoms with E-state index in [9.17, 15) is 14.3 Å². The van der Waals surface area contributed by atoms with Crippen molar-refractivity contribution in [1.29, 1.82) is 5.26 Å². The average Bonchev–Trinajstić information content (AvgIpc) is 2.54. The molecule has 1 unspecified atom stereocenters. The fraction of sp³-hybridized carbons (Fsp3) is 0.500. The Kier molecular flexibility index (Phi) is 5.87. The molecule has 0 aliphatic carbocycles. The third-order valence-electron chi connectivity index (χ3n) is 3.93. The van der Waals surface area contributed by atoms with Crippen molar-refractivity contribution in [2.75, 3.05) is 26.2 Å². The lowest BCUT2D eigenvalue weighted by atomic mass is 10.0. The minimum absolute atomic E-state index is 0.126. The molecular formula is C16H20FN3O2.